The van der Waals surface area contributed by atoms with Gasteiger partial charge < -0.3 is 5.73 Å². The first-order valence-corrected chi connectivity index (χ1v) is 7.47. The van der Waals surface area contributed by atoms with Gasteiger partial charge in [0, 0.05) is 14.9 Å². The van der Waals surface area contributed by atoms with Crippen LogP contribution in [0.3, 0.4) is 0 Å². The Bertz CT molecular complexity index is 696. The van der Waals surface area contributed by atoms with E-state index in [-0.39, 0.29) is 0 Å². The second kappa shape index (κ2) is 4.83. The van der Waals surface area contributed by atoms with Crippen molar-refractivity contribution in [2.45, 2.75) is 6.92 Å². The van der Waals surface area contributed by atoms with Gasteiger partial charge in [0.1, 0.15) is 0 Å². The van der Waals surface area contributed by atoms with E-state index in [2.05, 4.69) is 57.3 Å². The number of nitrogens with two attached hydrogens (primary N) is 1. The van der Waals surface area contributed by atoms with Gasteiger partial charge in [-0.05, 0) is 42.1 Å². The van der Waals surface area contributed by atoms with Crippen LogP contribution in [-0.4, -0.2) is 10.2 Å². The summed E-state index contributed by atoms with van der Waals surface area (Å²) in [6.07, 6.45) is 0. The molecule has 0 atom stereocenters. The lowest BCUT2D eigenvalue weighted by atomic mass is 10.0. The lowest BCUT2D eigenvalue weighted by molar-refractivity contribution is 1.10. The van der Waals surface area contributed by atoms with Gasteiger partial charge in [0.2, 0.25) is 0 Å². The highest BCUT2D eigenvalue weighted by Gasteiger charge is 2.15. The van der Waals surface area contributed by atoms with Gasteiger partial charge in [0.05, 0.1) is 11.3 Å². The lowest BCUT2D eigenvalue weighted by Crippen LogP contribution is -1.87. The van der Waals surface area contributed by atoms with Crippen molar-refractivity contribution >= 4 is 33.1 Å². The van der Waals surface area contributed by atoms with Crippen molar-refractivity contribution in [3.63, 3.8) is 0 Å². The molecule has 0 saturated heterocycles. The number of halogens is 1. The zero-order valence-electron chi connectivity index (χ0n) is 10.3. The van der Waals surface area contributed by atoms with Gasteiger partial charge in [0.25, 0.3) is 0 Å². The second-order valence-corrected chi connectivity index (χ2v) is 6.22. The zero-order valence-corrected chi connectivity index (χ0v) is 12.7. The molecule has 0 saturated carbocycles. The summed E-state index contributed by atoms with van der Waals surface area (Å²) in [5.74, 6) is 0.537. The van der Waals surface area contributed by atoms with Crippen LogP contribution < -0.4 is 5.73 Å². The summed E-state index contributed by atoms with van der Waals surface area (Å²) in [5.41, 5.74) is 10.2. The Hall–Kier alpha value is -1.59. The number of nitrogen functional groups attached to an aromatic ring is 1. The van der Waals surface area contributed by atoms with E-state index in [1.54, 1.807) is 11.3 Å². The van der Waals surface area contributed by atoms with Gasteiger partial charge in [-0.2, -0.15) is 5.10 Å². The van der Waals surface area contributed by atoms with Gasteiger partial charge >= 0.3 is 0 Å². The van der Waals surface area contributed by atoms with Crippen molar-refractivity contribution < 1.29 is 0 Å². The molecule has 3 rings (SSSR count). The number of anilines is 1. The molecule has 0 radical (unpaired) electrons. The molecule has 3 N–H and O–H groups in total. The predicted octanol–water partition coefficient (Wildman–Crippen LogP) is 4.46. The summed E-state index contributed by atoms with van der Waals surface area (Å²) in [6, 6.07) is 10.3. The summed E-state index contributed by atoms with van der Waals surface area (Å²) in [6.45, 7) is 2.07. The second-order valence-electron chi connectivity index (χ2n) is 4.35. The van der Waals surface area contributed by atoms with Gasteiger partial charge in [-0.1, -0.05) is 22.0 Å². The Morgan fingerprint density at radius 3 is 2.84 bits per heavy atom. The van der Waals surface area contributed by atoms with Crippen LogP contribution in [0, 0.1) is 6.92 Å². The van der Waals surface area contributed by atoms with Crippen LogP contribution in [0.15, 0.2) is 40.2 Å². The third kappa shape index (κ3) is 2.31. The molecule has 0 amide bonds. The molecule has 0 bridgehead atoms. The van der Waals surface area contributed by atoms with Crippen molar-refractivity contribution in [3.05, 3.63) is 45.7 Å². The van der Waals surface area contributed by atoms with E-state index < -0.39 is 0 Å². The average Bonchev–Trinajstić information content (AvgIpc) is 2.96. The fourth-order valence-electron chi connectivity index (χ4n) is 2.12. The average molecular weight is 334 g/mol. The SMILES string of the molecule is Cc1cc(Br)cc(-c2[nH]nc(N)c2-c2cccs2)c1. The van der Waals surface area contributed by atoms with E-state index in [0.29, 0.717) is 5.82 Å². The number of rotatable bonds is 2. The molecule has 3 aromatic rings. The fourth-order valence-corrected chi connectivity index (χ4v) is 3.51. The molecular weight excluding hydrogens is 322 g/mol. The van der Waals surface area contributed by atoms with E-state index in [0.717, 1.165) is 26.2 Å². The quantitative estimate of drug-likeness (QED) is 0.727. The summed E-state index contributed by atoms with van der Waals surface area (Å²) in [4.78, 5) is 1.12. The number of H-pyrrole nitrogens is 1. The molecule has 5 heteroatoms. The minimum atomic E-state index is 0.537. The number of hydrogen-bond acceptors (Lipinski definition) is 3. The number of benzene rings is 1. The van der Waals surface area contributed by atoms with Crippen LogP contribution in [0.25, 0.3) is 21.7 Å². The number of hydrogen-bond donors (Lipinski definition) is 2. The monoisotopic (exact) mass is 333 g/mol. The van der Waals surface area contributed by atoms with Crippen molar-refractivity contribution in [1.82, 2.24) is 10.2 Å². The van der Waals surface area contributed by atoms with E-state index in [1.165, 1.54) is 5.56 Å². The first-order valence-electron chi connectivity index (χ1n) is 5.80. The predicted molar refractivity (Wildman–Crippen MR) is 84.2 cm³/mol. The first kappa shape index (κ1) is 12.4. The van der Waals surface area contributed by atoms with Gasteiger partial charge in [-0.25, -0.2) is 0 Å². The van der Waals surface area contributed by atoms with E-state index in [9.17, 15) is 0 Å². The molecule has 96 valence electrons. The summed E-state index contributed by atoms with van der Waals surface area (Å²) < 4.78 is 1.05. The summed E-state index contributed by atoms with van der Waals surface area (Å²) >= 11 is 5.19. The highest BCUT2D eigenvalue weighted by molar-refractivity contribution is 9.10. The maximum Gasteiger partial charge on any atom is 0.154 e. The third-order valence-electron chi connectivity index (χ3n) is 2.89. The highest BCUT2D eigenvalue weighted by atomic mass is 79.9. The summed E-state index contributed by atoms with van der Waals surface area (Å²) in [7, 11) is 0. The number of aryl methyl sites for hydroxylation is 1. The maximum atomic E-state index is 6.00. The van der Waals surface area contributed by atoms with Crippen LogP contribution in [0.4, 0.5) is 5.82 Å². The number of thiophene rings is 1. The van der Waals surface area contributed by atoms with E-state index in [1.807, 2.05) is 11.4 Å². The molecule has 0 aliphatic heterocycles. The molecule has 0 aliphatic rings. The minimum absolute atomic E-state index is 0.537. The van der Waals surface area contributed by atoms with E-state index >= 15 is 0 Å². The Kier molecular flexibility index (Phi) is 3.16. The molecule has 19 heavy (non-hydrogen) atoms. The summed E-state index contributed by atoms with van der Waals surface area (Å²) in [5, 5.41) is 9.24. The van der Waals surface area contributed by atoms with Gasteiger partial charge in [-0.15, -0.1) is 11.3 Å². The van der Waals surface area contributed by atoms with Crippen LogP contribution in [0.1, 0.15) is 5.56 Å². The molecule has 2 heterocycles. The Balaban J connectivity index is 2.21. The van der Waals surface area contributed by atoms with Crippen LogP contribution >= 0.6 is 27.3 Å². The van der Waals surface area contributed by atoms with Crippen LogP contribution in [-0.2, 0) is 0 Å². The fraction of sp³-hybridized carbons (Fsp3) is 0.0714. The molecule has 0 unspecified atom stereocenters. The molecule has 0 aliphatic carbocycles. The molecule has 1 aromatic carbocycles. The first-order chi connectivity index (χ1) is 9.15. The zero-order chi connectivity index (χ0) is 13.4. The van der Waals surface area contributed by atoms with Crippen molar-refractivity contribution in [2.24, 2.45) is 0 Å². The van der Waals surface area contributed by atoms with Crippen molar-refractivity contribution in [1.29, 1.82) is 0 Å². The number of aromatic amines is 1. The normalized spacial score (nSPS) is 10.8. The Labute approximate surface area is 123 Å². The van der Waals surface area contributed by atoms with Crippen LogP contribution in [0.2, 0.25) is 0 Å². The molecule has 0 fully saturated rings. The maximum absolute atomic E-state index is 6.00. The topological polar surface area (TPSA) is 54.7 Å². The number of nitrogens with zero attached hydrogens (tertiary/aromatic N) is 1. The van der Waals surface area contributed by atoms with Crippen LogP contribution in [0.5, 0.6) is 0 Å². The Morgan fingerprint density at radius 1 is 1.32 bits per heavy atom. The van der Waals surface area contributed by atoms with Crippen molar-refractivity contribution in [3.8, 4) is 21.7 Å². The van der Waals surface area contributed by atoms with Gasteiger partial charge in [-0.3, -0.25) is 5.10 Å². The standard InChI is InChI=1S/C14H12BrN3S/c1-8-5-9(7-10(15)6-8)13-12(14(16)18-17-13)11-3-2-4-19-11/h2-7H,1H3,(H3,16,17,18). The van der Waals surface area contributed by atoms with Gasteiger partial charge in [0.15, 0.2) is 5.82 Å². The minimum Gasteiger partial charge on any atom is -0.382 e. The molecular formula is C14H12BrN3S. The molecule has 0 spiro atoms. The largest absolute Gasteiger partial charge is 0.382 e. The third-order valence-corrected chi connectivity index (χ3v) is 4.24. The smallest absolute Gasteiger partial charge is 0.154 e. The van der Waals surface area contributed by atoms with Crippen molar-refractivity contribution in [2.75, 3.05) is 5.73 Å². The van der Waals surface area contributed by atoms with E-state index in [4.69, 9.17) is 5.73 Å². The number of nitrogens with one attached hydrogen (secondary N) is 1. The Morgan fingerprint density at radius 2 is 2.16 bits per heavy atom. The molecule has 2 aromatic heterocycles. The number of aromatic nitrogens is 2. The highest BCUT2D eigenvalue weighted by Crippen LogP contribution is 2.38. The lowest BCUT2D eigenvalue weighted by Gasteiger charge is -2.05. The molecule has 3 nitrogen and oxygen atoms in total.